The first kappa shape index (κ1) is 13.4. The van der Waals surface area contributed by atoms with Gasteiger partial charge < -0.3 is 14.6 Å². The molecule has 0 spiro atoms. The zero-order valence-electron chi connectivity index (χ0n) is 9.37. The average Bonchev–Trinajstić information content (AvgIpc) is 2.00. The molecule has 84 valence electrons. The van der Waals surface area contributed by atoms with Crippen molar-refractivity contribution in [3.63, 3.8) is 0 Å². The largest absolute Gasteiger partial charge is 0.479 e. The number of rotatable bonds is 6. The Labute approximate surface area is 85.2 Å². The molecule has 0 aliphatic heterocycles. The topological polar surface area (TPSA) is 55.8 Å². The Bertz CT molecular complexity index is 171. The van der Waals surface area contributed by atoms with E-state index in [9.17, 15) is 4.79 Å². The molecule has 0 aromatic heterocycles. The molecule has 14 heavy (non-hydrogen) atoms. The molecule has 0 saturated heterocycles. The lowest BCUT2D eigenvalue weighted by Gasteiger charge is -2.19. The maximum Gasteiger partial charge on any atom is 0.335 e. The smallest absolute Gasteiger partial charge is 0.335 e. The highest BCUT2D eigenvalue weighted by atomic mass is 16.5. The van der Waals surface area contributed by atoms with Crippen molar-refractivity contribution in [2.75, 3.05) is 20.3 Å². The number of ether oxygens (including phenoxy) is 2. The van der Waals surface area contributed by atoms with E-state index >= 15 is 0 Å². The summed E-state index contributed by atoms with van der Waals surface area (Å²) in [7, 11) is 1.46. The first-order valence-electron chi connectivity index (χ1n) is 4.70. The van der Waals surface area contributed by atoms with Crippen molar-refractivity contribution in [1.29, 1.82) is 0 Å². The normalized spacial score (nSPS) is 14.0. The summed E-state index contributed by atoms with van der Waals surface area (Å²) in [5.74, 6) is -0.972. The zero-order chi connectivity index (χ0) is 11.2. The first-order chi connectivity index (χ1) is 6.37. The highest BCUT2D eigenvalue weighted by Crippen LogP contribution is 2.18. The van der Waals surface area contributed by atoms with Gasteiger partial charge in [0.1, 0.15) is 0 Å². The lowest BCUT2D eigenvalue weighted by Crippen LogP contribution is -2.29. The Balaban J connectivity index is 3.77. The predicted octanol–water partition coefficient (Wildman–Crippen LogP) is 1.54. The molecule has 0 aliphatic carbocycles. The fourth-order valence-electron chi connectivity index (χ4n) is 0.849. The van der Waals surface area contributed by atoms with E-state index in [1.54, 1.807) is 0 Å². The fourth-order valence-corrected chi connectivity index (χ4v) is 0.849. The van der Waals surface area contributed by atoms with E-state index in [1.165, 1.54) is 7.11 Å². The van der Waals surface area contributed by atoms with Crippen molar-refractivity contribution in [3.8, 4) is 0 Å². The maximum absolute atomic E-state index is 10.6. The Morgan fingerprint density at radius 2 is 2.00 bits per heavy atom. The quantitative estimate of drug-likeness (QED) is 0.713. The fraction of sp³-hybridized carbons (Fsp3) is 0.900. The molecule has 1 N–H and O–H groups in total. The molecule has 0 saturated carbocycles. The molecule has 0 heterocycles. The number of aliphatic carboxylic acids is 1. The maximum atomic E-state index is 10.6. The third-order valence-corrected chi connectivity index (χ3v) is 1.76. The molecule has 4 heteroatoms. The summed E-state index contributed by atoms with van der Waals surface area (Å²) in [5.41, 5.74) is 0.163. The van der Waals surface area contributed by atoms with Gasteiger partial charge in [-0.2, -0.15) is 0 Å². The van der Waals surface area contributed by atoms with E-state index in [4.69, 9.17) is 14.6 Å². The van der Waals surface area contributed by atoms with Gasteiger partial charge in [0.05, 0.1) is 6.61 Å². The van der Waals surface area contributed by atoms with Crippen LogP contribution in [-0.2, 0) is 14.3 Å². The van der Waals surface area contributed by atoms with Gasteiger partial charge in [-0.15, -0.1) is 0 Å². The van der Waals surface area contributed by atoms with Crippen molar-refractivity contribution < 1.29 is 19.4 Å². The second-order valence-corrected chi connectivity index (χ2v) is 4.46. The molecule has 1 unspecified atom stereocenters. The summed E-state index contributed by atoms with van der Waals surface area (Å²) < 4.78 is 9.94. The van der Waals surface area contributed by atoms with E-state index in [2.05, 4.69) is 20.8 Å². The van der Waals surface area contributed by atoms with E-state index in [1.807, 2.05) is 0 Å². The van der Waals surface area contributed by atoms with Gasteiger partial charge in [-0.3, -0.25) is 0 Å². The van der Waals surface area contributed by atoms with Gasteiger partial charge in [0, 0.05) is 13.7 Å². The molecule has 0 radical (unpaired) electrons. The molecule has 1 atom stereocenters. The van der Waals surface area contributed by atoms with Crippen LogP contribution >= 0.6 is 0 Å². The van der Waals surface area contributed by atoms with Crippen LogP contribution in [0.5, 0.6) is 0 Å². The monoisotopic (exact) mass is 204 g/mol. The summed E-state index contributed by atoms with van der Waals surface area (Å²) in [6.07, 6.45) is -0.0112. The third-order valence-electron chi connectivity index (χ3n) is 1.76. The van der Waals surface area contributed by atoms with Crippen molar-refractivity contribution in [3.05, 3.63) is 0 Å². The van der Waals surface area contributed by atoms with Gasteiger partial charge in [0.15, 0.2) is 6.10 Å². The minimum Gasteiger partial charge on any atom is -0.479 e. The number of methoxy groups -OCH3 is 1. The van der Waals surface area contributed by atoms with Crippen LogP contribution in [0.2, 0.25) is 0 Å². The van der Waals surface area contributed by atoms with Crippen molar-refractivity contribution in [1.82, 2.24) is 0 Å². The second kappa shape index (κ2) is 5.98. The van der Waals surface area contributed by atoms with Gasteiger partial charge in [0.2, 0.25) is 0 Å². The predicted molar refractivity (Wildman–Crippen MR) is 53.3 cm³/mol. The van der Waals surface area contributed by atoms with E-state index < -0.39 is 12.1 Å². The minimum absolute atomic E-state index is 0.0967. The lowest BCUT2D eigenvalue weighted by atomic mass is 9.93. The zero-order valence-corrected chi connectivity index (χ0v) is 9.37. The highest BCUT2D eigenvalue weighted by Gasteiger charge is 2.19. The Morgan fingerprint density at radius 3 is 2.36 bits per heavy atom. The molecular weight excluding hydrogens is 184 g/mol. The van der Waals surface area contributed by atoms with Gasteiger partial charge in [-0.05, 0) is 11.8 Å². The lowest BCUT2D eigenvalue weighted by molar-refractivity contribution is -0.154. The van der Waals surface area contributed by atoms with Gasteiger partial charge in [-0.25, -0.2) is 4.79 Å². The van der Waals surface area contributed by atoms with Crippen LogP contribution in [0, 0.1) is 5.41 Å². The number of carboxylic acids is 1. The van der Waals surface area contributed by atoms with Crippen molar-refractivity contribution >= 4 is 5.97 Å². The van der Waals surface area contributed by atoms with Crippen LogP contribution in [0.3, 0.4) is 0 Å². The summed E-state index contributed by atoms with van der Waals surface area (Å²) >= 11 is 0. The van der Waals surface area contributed by atoms with Crippen molar-refractivity contribution in [2.45, 2.75) is 33.3 Å². The summed E-state index contributed by atoms with van der Waals surface area (Å²) in [6, 6.07) is 0. The number of hydrogen-bond acceptors (Lipinski definition) is 3. The van der Waals surface area contributed by atoms with Crippen LogP contribution < -0.4 is 0 Å². The molecule has 0 aromatic rings. The number of hydrogen-bond donors (Lipinski definition) is 1. The Morgan fingerprint density at radius 1 is 1.43 bits per heavy atom. The van der Waals surface area contributed by atoms with Gasteiger partial charge in [0.25, 0.3) is 0 Å². The minimum atomic E-state index is -0.972. The summed E-state index contributed by atoms with van der Waals surface area (Å²) in [5, 5.41) is 8.73. The molecule has 4 nitrogen and oxygen atoms in total. The SMILES string of the molecule is COCC(OCCC(C)(C)C)C(=O)O. The van der Waals surface area contributed by atoms with Crippen LogP contribution in [0.15, 0.2) is 0 Å². The molecule has 0 amide bonds. The third kappa shape index (κ3) is 6.86. The molecule has 0 rings (SSSR count). The number of carboxylic acid groups (broad SMARTS) is 1. The number of carbonyl (C=O) groups is 1. The first-order valence-corrected chi connectivity index (χ1v) is 4.70. The van der Waals surface area contributed by atoms with E-state index in [-0.39, 0.29) is 12.0 Å². The summed E-state index contributed by atoms with van der Waals surface area (Å²) in [4.78, 5) is 10.6. The Hall–Kier alpha value is -0.610. The van der Waals surface area contributed by atoms with Crippen LogP contribution in [0.25, 0.3) is 0 Å². The van der Waals surface area contributed by atoms with E-state index in [0.717, 1.165) is 6.42 Å². The standard InChI is InChI=1S/C10H20O4/c1-10(2,3)5-6-14-8(7-13-4)9(11)12/h8H,5-7H2,1-4H3,(H,11,12). The van der Waals surface area contributed by atoms with Crippen LogP contribution in [0.4, 0.5) is 0 Å². The average molecular weight is 204 g/mol. The molecule has 0 aliphatic rings. The summed E-state index contributed by atoms with van der Waals surface area (Å²) in [6.45, 7) is 6.80. The molecule has 0 bridgehead atoms. The van der Waals surface area contributed by atoms with Crippen LogP contribution in [-0.4, -0.2) is 37.5 Å². The van der Waals surface area contributed by atoms with Gasteiger partial charge >= 0.3 is 5.97 Å². The van der Waals surface area contributed by atoms with Crippen LogP contribution in [0.1, 0.15) is 27.2 Å². The van der Waals surface area contributed by atoms with Crippen molar-refractivity contribution in [2.24, 2.45) is 5.41 Å². The Kier molecular flexibility index (Phi) is 5.72. The molecule has 0 aromatic carbocycles. The molecular formula is C10H20O4. The van der Waals surface area contributed by atoms with E-state index in [0.29, 0.717) is 6.61 Å². The second-order valence-electron chi connectivity index (χ2n) is 4.46. The van der Waals surface area contributed by atoms with Gasteiger partial charge in [-0.1, -0.05) is 20.8 Å². The highest BCUT2D eigenvalue weighted by molar-refractivity contribution is 5.72. The molecule has 0 fully saturated rings.